The summed E-state index contributed by atoms with van der Waals surface area (Å²) in [6, 6.07) is 13.2. The molecule has 5 heteroatoms. The van der Waals surface area contributed by atoms with Crippen LogP contribution in [0, 0.1) is 12.8 Å². The second kappa shape index (κ2) is 6.08. The van der Waals surface area contributed by atoms with Crippen molar-refractivity contribution >= 4 is 10.8 Å². The zero-order valence-corrected chi connectivity index (χ0v) is 13.3. The molecule has 1 aromatic heterocycles. The van der Waals surface area contributed by atoms with E-state index in [2.05, 4.69) is 64.0 Å². The third-order valence-electron chi connectivity index (χ3n) is 4.89. The van der Waals surface area contributed by atoms with Gasteiger partial charge in [-0.3, -0.25) is 0 Å². The lowest BCUT2D eigenvalue weighted by molar-refractivity contribution is 0.262. The maximum Gasteiger partial charge on any atom is 0.162 e. The number of piperidine rings is 1. The summed E-state index contributed by atoms with van der Waals surface area (Å²) in [5, 5.41) is 18.6. The van der Waals surface area contributed by atoms with Crippen LogP contribution in [0.25, 0.3) is 10.8 Å². The molecule has 2 atom stereocenters. The Balaban J connectivity index is 1.88. The fraction of sp³-hybridized carbons (Fsp3) is 0.389. The molecule has 2 heterocycles. The molecule has 0 bridgehead atoms. The molecule has 1 unspecified atom stereocenters. The first-order valence-electron chi connectivity index (χ1n) is 8.26. The number of rotatable bonds is 3. The predicted octanol–water partition coefficient (Wildman–Crippen LogP) is 2.72. The van der Waals surface area contributed by atoms with Gasteiger partial charge in [-0.05, 0) is 59.3 Å². The van der Waals surface area contributed by atoms with Crippen LogP contribution in [-0.2, 0) is 0 Å². The van der Waals surface area contributed by atoms with E-state index in [1.54, 1.807) is 4.80 Å². The van der Waals surface area contributed by atoms with Gasteiger partial charge in [0.1, 0.15) is 6.04 Å². The van der Waals surface area contributed by atoms with Gasteiger partial charge in [0.25, 0.3) is 0 Å². The first-order valence-corrected chi connectivity index (χ1v) is 8.26. The van der Waals surface area contributed by atoms with Crippen LogP contribution in [0.3, 0.4) is 0 Å². The summed E-state index contributed by atoms with van der Waals surface area (Å²) in [4.78, 5) is 1.79. The molecule has 1 aliphatic rings. The van der Waals surface area contributed by atoms with Crippen LogP contribution in [0.4, 0.5) is 0 Å². The first kappa shape index (κ1) is 14.3. The van der Waals surface area contributed by atoms with Gasteiger partial charge in [0.05, 0.1) is 0 Å². The number of hydrogen-bond donors (Lipinski definition) is 1. The Morgan fingerprint density at radius 1 is 1.17 bits per heavy atom. The number of nitrogens with one attached hydrogen (secondary N) is 1. The zero-order chi connectivity index (χ0) is 15.6. The van der Waals surface area contributed by atoms with E-state index >= 15 is 0 Å². The molecule has 0 aliphatic carbocycles. The fourth-order valence-corrected chi connectivity index (χ4v) is 3.75. The zero-order valence-electron chi connectivity index (χ0n) is 13.3. The Labute approximate surface area is 135 Å². The van der Waals surface area contributed by atoms with Gasteiger partial charge >= 0.3 is 0 Å². The van der Waals surface area contributed by atoms with E-state index in [4.69, 9.17) is 0 Å². The van der Waals surface area contributed by atoms with Crippen LogP contribution in [0.5, 0.6) is 0 Å². The molecular weight excluding hydrogens is 286 g/mol. The monoisotopic (exact) mass is 307 g/mol. The minimum absolute atomic E-state index is 0.121. The highest BCUT2D eigenvalue weighted by Crippen LogP contribution is 2.35. The Morgan fingerprint density at radius 2 is 2.04 bits per heavy atom. The van der Waals surface area contributed by atoms with Crippen molar-refractivity contribution in [1.29, 1.82) is 0 Å². The van der Waals surface area contributed by atoms with Crippen LogP contribution in [0.2, 0.25) is 0 Å². The van der Waals surface area contributed by atoms with Crippen molar-refractivity contribution in [2.75, 3.05) is 13.1 Å². The highest BCUT2D eigenvalue weighted by atomic mass is 15.6. The quantitative estimate of drug-likeness (QED) is 0.808. The SMILES string of the molecule is Cc1ccc(C([C@H]2CCCNC2)n2ncnn2)c2ccccc12. The Morgan fingerprint density at radius 3 is 2.78 bits per heavy atom. The Hall–Kier alpha value is -2.27. The largest absolute Gasteiger partial charge is 0.316 e. The van der Waals surface area contributed by atoms with Crippen LogP contribution in [0.1, 0.15) is 30.0 Å². The van der Waals surface area contributed by atoms with Crippen molar-refractivity contribution in [2.24, 2.45) is 5.92 Å². The summed E-state index contributed by atoms with van der Waals surface area (Å²) < 4.78 is 0. The Kier molecular flexibility index (Phi) is 3.79. The molecule has 2 aromatic carbocycles. The molecule has 5 nitrogen and oxygen atoms in total. The van der Waals surface area contributed by atoms with Crippen LogP contribution in [0.15, 0.2) is 42.7 Å². The van der Waals surface area contributed by atoms with Crippen molar-refractivity contribution in [3.05, 3.63) is 53.9 Å². The molecule has 1 aliphatic heterocycles. The van der Waals surface area contributed by atoms with Crippen molar-refractivity contribution in [2.45, 2.75) is 25.8 Å². The first-order chi connectivity index (χ1) is 11.3. The number of nitrogens with zero attached hydrogens (tertiary/aromatic N) is 4. The minimum Gasteiger partial charge on any atom is -0.316 e. The van der Waals surface area contributed by atoms with Crippen molar-refractivity contribution < 1.29 is 0 Å². The average Bonchev–Trinajstić information content (AvgIpc) is 3.13. The summed E-state index contributed by atoms with van der Waals surface area (Å²) in [5.41, 5.74) is 2.59. The number of aryl methyl sites for hydroxylation is 1. The lowest BCUT2D eigenvalue weighted by Gasteiger charge is -2.31. The van der Waals surface area contributed by atoms with Gasteiger partial charge in [0.15, 0.2) is 6.33 Å². The van der Waals surface area contributed by atoms with Gasteiger partial charge < -0.3 is 5.32 Å². The van der Waals surface area contributed by atoms with Gasteiger partial charge in [0.2, 0.25) is 0 Å². The summed E-state index contributed by atoms with van der Waals surface area (Å²) in [6.07, 6.45) is 3.90. The second-order valence-corrected chi connectivity index (χ2v) is 6.32. The van der Waals surface area contributed by atoms with E-state index in [9.17, 15) is 0 Å². The number of benzene rings is 2. The van der Waals surface area contributed by atoms with E-state index in [1.165, 1.54) is 41.1 Å². The van der Waals surface area contributed by atoms with Crippen LogP contribution >= 0.6 is 0 Å². The van der Waals surface area contributed by atoms with Crippen molar-refractivity contribution in [3.8, 4) is 0 Å². The molecule has 0 spiro atoms. The van der Waals surface area contributed by atoms with Crippen molar-refractivity contribution in [3.63, 3.8) is 0 Å². The lowest BCUT2D eigenvalue weighted by Crippen LogP contribution is -2.36. The number of hydrogen-bond acceptors (Lipinski definition) is 4. The molecule has 3 aromatic rings. The van der Waals surface area contributed by atoms with E-state index in [1.807, 2.05) is 0 Å². The van der Waals surface area contributed by atoms with Gasteiger partial charge in [-0.2, -0.15) is 4.80 Å². The topological polar surface area (TPSA) is 55.6 Å². The van der Waals surface area contributed by atoms with Gasteiger partial charge in [0, 0.05) is 6.54 Å². The fourth-order valence-electron chi connectivity index (χ4n) is 3.75. The molecule has 0 saturated carbocycles. The molecule has 0 radical (unpaired) electrons. The molecular formula is C18H21N5. The molecule has 118 valence electrons. The van der Waals surface area contributed by atoms with Crippen LogP contribution < -0.4 is 5.32 Å². The third kappa shape index (κ3) is 2.61. The molecule has 0 amide bonds. The highest BCUT2D eigenvalue weighted by Gasteiger charge is 2.29. The van der Waals surface area contributed by atoms with Gasteiger partial charge in [-0.25, -0.2) is 0 Å². The minimum atomic E-state index is 0.121. The standard InChI is InChI=1S/C18H21N5/c1-13-8-9-17(16-7-3-2-6-15(13)16)18(23-21-12-20-22-23)14-5-4-10-19-11-14/h2-3,6-9,12,14,18-19H,4-5,10-11H2,1H3/t14-,18?/m0/s1. The van der Waals surface area contributed by atoms with E-state index in [0.717, 1.165) is 13.1 Å². The van der Waals surface area contributed by atoms with Gasteiger partial charge in [-0.1, -0.05) is 36.4 Å². The summed E-state index contributed by atoms with van der Waals surface area (Å²) in [5.74, 6) is 0.476. The maximum absolute atomic E-state index is 4.36. The van der Waals surface area contributed by atoms with Gasteiger partial charge in [-0.15, -0.1) is 10.2 Å². The Bertz CT molecular complexity index is 790. The summed E-state index contributed by atoms with van der Waals surface area (Å²) >= 11 is 0. The average molecular weight is 307 g/mol. The van der Waals surface area contributed by atoms with E-state index in [0.29, 0.717) is 5.92 Å². The number of tetrazole rings is 1. The van der Waals surface area contributed by atoms with E-state index in [-0.39, 0.29) is 6.04 Å². The lowest BCUT2D eigenvalue weighted by atomic mass is 9.85. The normalized spacial score (nSPS) is 19.8. The molecule has 1 fully saturated rings. The van der Waals surface area contributed by atoms with E-state index < -0.39 is 0 Å². The second-order valence-electron chi connectivity index (χ2n) is 6.32. The third-order valence-corrected chi connectivity index (χ3v) is 4.89. The summed E-state index contributed by atoms with van der Waals surface area (Å²) in [7, 11) is 0. The van der Waals surface area contributed by atoms with Crippen molar-refractivity contribution in [1.82, 2.24) is 25.5 Å². The molecule has 1 N–H and O–H groups in total. The van der Waals surface area contributed by atoms with Crippen LogP contribution in [-0.4, -0.2) is 33.3 Å². The smallest absolute Gasteiger partial charge is 0.162 e. The highest BCUT2D eigenvalue weighted by molar-refractivity contribution is 5.89. The number of aromatic nitrogens is 4. The molecule has 4 rings (SSSR count). The molecule has 23 heavy (non-hydrogen) atoms. The molecule has 1 saturated heterocycles. The summed E-state index contributed by atoms with van der Waals surface area (Å²) in [6.45, 7) is 4.26. The predicted molar refractivity (Wildman–Crippen MR) is 90.2 cm³/mol. The number of fused-ring (bicyclic) bond motifs is 1. The maximum atomic E-state index is 4.36.